The molecule has 2 aromatic rings. The van der Waals surface area contributed by atoms with E-state index in [4.69, 9.17) is 11.6 Å². The maximum Gasteiger partial charge on any atom is 0.272 e. The number of carbonyl (C=O) groups excluding carboxylic acids is 1. The van der Waals surface area contributed by atoms with Gasteiger partial charge in [-0.1, -0.05) is 30.5 Å². The normalized spacial score (nSPS) is 21.2. The lowest BCUT2D eigenvalue weighted by Gasteiger charge is -2.27. The van der Waals surface area contributed by atoms with E-state index in [0.717, 1.165) is 37.1 Å². The lowest BCUT2D eigenvalue weighted by Crippen LogP contribution is -2.45. The molecule has 2 unspecified atom stereocenters. The van der Waals surface area contributed by atoms with Crippen LogP contribution < -0.4 is 5.32 Å². The lowest BCUT2D eigenvalue weighted by molar-refractivity contribution is 0.0713. The predicted octanol–water partition coefficient (Wildman–Crippen LogP) is 2.87. The number of halogens is 1. The van der Waals surface area contributed by atoms with E-state index in [1.165, 1.54) is 0 Å². The summed E-state index contributed by atoms with van der Waals surface area (Å²) in [5, 5.41) is 17.9. The highest BCUT2D eigenvalue weighted by atomic mass is 35.5. The van der Waals surface area contributed by atoms with Gasteiger partial charge < -0.3 is 10.4 Å². The van der Waals surface area contributed by atoms with Gasteiger partial charge in [-0.15, -0.1) is 0 Å². The van der Waals surface area contributed by atoms with Crippen molar-refractivity contribution in [3.8, 4) is 5.69 Å². The van der Waals surface area contributed by atoms with Crippen LogP contribution in [0.3, 0.4) is 0 Å². The molecule has 1 amide bonds. The van der Waals surface area contributed by atoms with Crippen molar-refractivity contribution in [3.63, 3.8) is 0 Å². The van der Waals surface area contributed by atoms with E-state index in [9.17, 15) is 9.90 Å². The molecular formula is C17H20ClN3O2. The second kappa shape index (κ2) is 6.72. The Morgan fingerprint density at radius 3 is 2.87 bits per heavy atom. The third kappa shape index (κ3) is 3.57. The molecular weight excluding hydrogens is 314 g/mol. The largest absolute Gasteiger partial charge is 0.391 e. The summed E-state index contributed by atoms with van der Waals surface area (Å²) in [6, 6.07) is 8.88. The molecule has 1 aliphatic rings. The summed E-state index contributed by atoms with van der Waals surface area (Å²) in [6.07, 6.45) is 3.11. The fourth-order valence-corrected chi connectivity index (χ4v) is 3.16. The maximum absolute atomic E-state index is 12.4. The van der Waals surface area contributed by atoms with Gasteiger partial charge in [-0.2, -0.15) is 5.10 Å². The zero-order valence-corrected chi connectivity index (χ0v) is 13.8. The van der Waals surface area contributed by atoms with Gasteiger partial charge in [0.15, 0.2) is 5.69 Å². The van der Waals surface area contributed by atoms with Gasteiger partial charge in [-0.25, -0.2) is 4.68 Å². The maximum atomic E-state index is 12.4. The molecule has 2 atom stereocenters. The summed E-state index contributed by atoms with van der Waals surface area (Å²) in [6.45, 7) is 1.89. The minimum Gasteiger partial charge on any atom is -0.391 e. The molecule has 0 radical (unpaired) electrons. The minimum absolute atomic E-state index is 0.187. The number of aryl methyl sites for hydroxylation is 1. The summed E-state index contributed by atoms with van der Waals surface area (Å²) >= 11 is 6.01. The zero-order chi connectivity index (χ0) is 16.4. The third-order valence-electron chi connectivity index (χ3n) is 4.22. The van der Waals surface area contributed by atoms with Crippen molar-refractivity contribution in [2.45, 2.75) is 44.8 Å². The van der Waals surface area contributed by atoms with Gasteiger partial charge in [-0.3, -0.25) is 4.79 Å². The molecule has 0 spiro atoms. The van der Waals surface area contributed by atoms with E-state index >= 15 is 0 Å². The van der Waals surface area contributed by atoms with Crippen LogP contribution in [-0.2, 0) is 0 Å². The van der Waals surface area contributed by atoms with Gasteiger partial charge in [0.25, 0.3) is 5.91 Å². The van der Waals surface area contributed by atoms with E-state index in [2.05, 4.69) is 10.4 Å². The molecule has 1 heterocycles. The van der Waals surface area contributed by atoms with Crippen LogP contribution in [0.15, 0.2) is 30.3 Å². The molecule has 0 aliphatic heterocycles. The van der Waals surface area contributed by atoms with E-state index in [1.807, 2.05) is 19.1 Å². The Kier molecular flexibility index (Phi) is 4.68. The molecule has 1 saturated carbocycles. The van der Waals surface area contributed by atoms with Crippen LogP contribution >= 0.6 is 11.6 Å². The highest BCUT2D eigenvalue weighted by Gasteiger charge is 2.25. The third-order valence-corrected chi connectivity index (χ3v) is 4.45. The average Bonchev–Trinajstić information content (AvgIpc) is 2.92. The SMILES string of the molecule is Cc1cc(C(=O)NC2CCCCC2O)nn1-c1cccc(Cl)c1. The molecule has 3 rings (SSSR count). The second-order valence-corrected chi connectivity index (χ2v) is 6.43. The second-order valence-electron chi connectivity index (χ2n) is 5.99. The summed E-state index contributed by atoms with van der Waals surface area (Å²) in [5.74, 6) is -0.250. The Labute approximate surface area is 140 Å². The first-order valence-electron chi connectivity index (χ1n) is 7.86. The van der Waals surface area contributed by atoms with Gasteiger partial charge in [0, 0.05) is 10.7 Å². The Hall–Kier alpha value is -1.85. The fraction of sp³-hybridized carbons (Fsp3) is 0.412. The van der Waals surface area contributed by atoms with Gasteiger partial charge >= 0.3 is 0 Å². The Bertz CT molecular complexity index is 714. The van der Waals surface area contributed by atoms with Crippen LogP contribution in [0.4, 0.5) is 0 Å². The topological polar surface area (TPSA) is 67.2 Å². The van der Waals surface area contributed by atoms with Gasteiger partial charge in [0.1, 0.15) is 0 Å². The van der Waals surface area contributed by atoms with Crippen molar-refractivity contribution in [2.24, 2.45) is 0 Å². The Morgan fingerprint density at radius 1 is 1.35 bits per heavy atom. The van der Waals surface area contributed by atoms with Crippen molar-refractivity contribution in [2.75, 3.05) is 0 Å². The van der Waals surface area contributed by atoms with Crippen molar-refractivity contribution in [1.29, 1.82) is 0 Å². The molecule has 6 heteroatoms. The van der Waals surface area contributed by atoms with E-state index in [-0.39, 0.29) is 11.9 Å². The molecule has 2 N–H and O–H groups in total. The van der Waals surface area contributed by atoms with Gasteiger partial charge in [-0.05, 0) is 44.0 Å². The molecule has 122 valence electrons. The number of aromatic nitrogens is 2. The first kappa shape index (κ1) is 16.0. The number of hydrogen-bond donors (Lipinski definition) is 2. The zero-order valence-electron chi connectivity index (χ0n) is 13.0. The van der Waals surface area contributed by atoms with E-state index in [1.54, 1.807) is 22.9 Å². The molecule has 1 aliphatic carbocycles. The minimum atomic E-state index is -0.469. The van der Waals surface area contributed by atoms with Crippen LogP contribution in [0.1, 0.15) is 41.9 Å². The van der Waals surface area contributed by atoms with E-state index in [0.29, 0.717) is 10.7 Å². The van der Waals surface area contributed by atoms with Crippen LogP contribution in [0.5, 0.6) is 0 Å². The first-order valence-corrected chi connectivity index (χ1v) is 8.24. The van der Waals surface area contributed by atoms with E-state index < -0.39 is 6.10 Å². The number of aliphatic hydroxyl groups excluding tert-OH is 1. The van der Waals surface area contributed by atoms with Crippen molar-refractivity contribution < 1.29 is 9.90 Å². The summed E-state index contributed by atoms with van der Waals surface area (Å²) in [7, 11) is 0. The Morgan fingerprint density at radius 2 is 2.13 bits per heavy atom. The summed E-state index contributed by atoms with van der Waals surface area (Å²) < 4.78 is 1.69. The highest BCUT2D eigenvalue weighted by molar-refractivity contribution is 6.30. The fourth-order valence-electron chi connectivity index (χ4n) is 2.98. The molecule has 0 saturated heterocycles. The number of nitrogens with one attached hydrogen (secondary N) is 1. The van der Waals surface area contributed by atoms with Crippen LogP contribution in [0.2, 0.25) is 5.02 Å². The molecule has 5 nitrogen and oxygen atoms in total. The monoisotopic (exact) mass is 333 g/mol. The quantitative estimate of drug-likeness (QED) is 0.907. The predicted molar refractivity (Wildman–Crippen MR) is 89.0 cm³/mol. The summed E-state index contributed by atoms with van der Waals surface area (Å²) in [4.78, 5) is 12.4. The smallest absolute Gasteiger partial charge is 0.272 e. The van der Waals surface area contributed by atoms with Crippen LogP contribution in [0.25, 0.3) is 5.69 Å². The van der Waals surface area contributed by atoms with Crippen molar-refractivity contribution in [3.05, 3.63) is 46.7 Å². The molecule has 1 aromatic heterocycles. The number of aliphatic hydroxyl groups is 1. The highest BCUT2D eigenvalue weighted by Crippen LogP contribution is 2.20. The number of amides is 1. The summed E-state index contributed by atoms with van der Waals surface area (Å²) in [5.41, 5.74) is 2.01. The average molecular weight is 334 g/mol. The first-order chi connectivity index (χ1) is 11.0. The molecule has 1 fully saturated rings. The molecule has 23 heavy (non-hydrogen) atoms. The van der Waals surface area contributed by atoms with Gasteiger partial charge in [0.05, 0.1) is 17.8 Å². The number of hydrogen-bond acceptors (Lipinski definition) is 3. The Balaban J connectivity index is 1.78. The number of rotatable bonds is 3. The van der Waals surface area contributed by atoms with Crippen molar-refractivity contribution >= 4 is 17.5 Å². The number of nitrogens with zero attached hydrogens (tertiary/aromatic N) is 2. The number of benzene rings is 1. The van der Waals surface area contributed by atoms with Gasteiger partial charge in [0.2, 0.25) is 0 Å². The van der Waals surface area contributed by atoms with Crippen LogP contribution in [-0.4, -0.2) is 32.9 Å². The number of carbonyl (C=O) groups is 1. The standard InChI is InChI=1S/C17H20ClN3O2/c1-11-9-15(17(23)19-14-7-2-3-8-16(14)22)20-21(11)13-6-4-5-12(18)10-13/h4-6,9-10,14,16,22H,2-3,7-8H2,1H3,(H,19,23). The molecule has 0 bridgehead atoms. The lowest BCUT2D eigenvalue weighted by atomic mass is 9.92. The molecule has 1 aromatic carbocycles. The van der Waals surface area contributed by atoms with Crippen molar-refractivity contribution in [1.82, 2.24) is 15.1 Å². The van der Waals surface area contributed by atoms with Crippen LogP contribution in [0, 0.1) is 6.92 Å².